The number of fused-ring (bicyclic) bond motifs is 1. The number of benzene rings is 1. The first-order valence-electron chi connectivity index (χ1n) is 10.6. The number of Topliss-reactive ketones (excluding diaryl/α,β-unsaturated/α-hetero) is 1. The van der Waals surface area contributed by atoms with Crippen molar-refractivity contribution >= 4 is 29.0 Å². The quantitative estimate of drug-likeness (QED) is 0.617. The fourth-order valence-corrected chi connectivity index (χ4v) is 5.11. The highest BCUT2D eigenvalue weighted by atomic mass is 32.1. The molecule has 3 atom stereocenters. The third-order valence-electron chi connectivity index (χ3n) is 6.01. The number of carbonyl (C=O) groups is 2. The molecule has 2 aliphatic heterocycles. The van der Waals surface area contributed by atoms with Crippen molar-refractivity contribution in [3.05, 3.63) is 35.0 Å². The summed E-state index contributed by atoms with van der Waals surface area (Å²) >= 11 is 5.22. The maximum atomic E-state index is 13.3. The van der Waals surface area contributed by atoms with Crippen LogP contribution in [0.15, 0.2) is 29.5 Å². The molecule has 3 unspecified atom stereocenters. The summed E-state index contributed by atoms with van der Waals surface area (Å²) in [5.74, 6) is 0.136. The third-order valence-corrected chi connectivity index (χ3v) is 6.23. The van der Waals surface area contributed by atoms with Crippen LogP contribution in [-0.4, -0.2) is 36.2 Å². The highest BCUT2D eigenvalue weighted by Gasteiger charge is 2.50. The molecule has 2 heterocycles. The lowest BCUT2D eigenvalue weighted by Crippen LogP contribution is -2.66. The monoisotopic (exact) mass is 443 g/mol. The maximum absolute atomic E-state index is 13.3. The van der Waals surface area contributed by atoms with Crippen LogP contribution in [0.3, 0.4) is 0 Å². The highest BCUT2D eigenvalue weighted by molar-refractivity contribution is 7.80. The number of allylic oxidation sites excluding steroid dienone is 2. The Balaban J connectivity index is 1.85. The van der Waals surface area contributed by atoms with E-state index < -0.39 is 11.8 Å². The lowest BCUT2D eigenvalue weighted by molar-refractivity contribution is -0.127. The molecule has 1 aromatic carbocycles. The predicted octanol–water partition coefficient (Wildman–Crippen LogP) is 2.76. The van der Waals surface area contributed by atoms with Gasteiger partial charge in [-0.05, 0) is 55.6 Å². The number of hydrogen-bond acceptors (Lipinski definition) is 6. The SMILES string of the molecule is COc1cc(C2C3=C(CC(C)(C)CC3=O)NC3NC(=S)NC(=O)C32)ccc1OC(C)C. The van der Waals surface area contributed by atoms with Crippen molar-refractivity contribution < 1.29 is 19.1 Å². The zero-order valence-corrected chi connectivity index (χ0v) is 19.3. The second kappa shape index (κ2) is 7.82. The van der Waals surface area contributed by atoms with Gasteiger partial charge in [0.2, 0.25) is 5.91 Å². The maximum Gasteiger partial charge on any atom is 0.234 e. The molecule has 166 valence electrons. The van der Waals surface area contributed by atoms with Gasteiger partial charge in [-0.15, -0.1) is 0 Å². The average molecular weight is 444 g/mol. The van der Waals surface area contributed by atoms with Crippen molar-refractivity contribution in [2.45, 2.75) is 58.7 Å². The number of hydrogen-bond donors (Lipinski definition) is 3. The number of ether oxygens (including phenoxy) is 2. The largest absolute Gasteiger partial charge is 0.493 e. The van der Waals surface area contributed by atoms with Gasteiger partial charge in [0, 0.05) is 23.6 Å². The molecular weight excluding hydrogens is 414 g/mol. The number of amides is 1. The van der Waals surface area contributed by atoms with Gasteiger partial charge in [0.15, 0.2) is 22.4 Å². The van der Waals surface area contributed by atoms with E-state index in [-0.39, 0.29) is 29.4 Å². The van der Waals surface area contributed by atoms with Crippen molar-refractivity contribution in [2.24, 2.45) is 11.3 Å². The molecule has 0 aromatic heterocycles. The summed E-state index contributed by atoms with van der Waals surface area (Å²) in [6, 6.07) is 5.65. The first-order chi connectivity index (χ1) is 14.6. The third kappa shape index (κ3) is 4.01. The number of methoxy groups -OCH3 is 1. The van der Waals surface area contributed by atoms with Gasteiger partial charge in [-0.2, -0.15) is 0 Å². The molecule has 1 saturated heterocycles. The summed E-state index contributed by atoms with van der Waals surface area (Å²) in [5, 5.41) is 9.61. The summed E-state index contributed by atoms with van der Waals surface area (Å²) < 4.78 is 11.4. The average Bonchev–Trinajstić information content (AvgIpc) is 2.65. The molecule has 8 heteroatoms. The van der Waals surface area contributed by atoms with E-state index in [4.69, 9.17) is 21.7 Å². The van der Waals surface area contributed by atoms with Gasteiger partial charge in [0.05, 0.1) is 19.1 Å². The summed E-state index contributed by atoms with van der Waals surface area (Å²) in [7, 11) is 1.59. The Hall–Kier alpha value is -2.61. The number of nitrogens with one attached hydrogen (secondary N) is 3. The Bertz CT molecular complexity index is 985. The Morgan fingerprint density at radius 3 is 2.55 bits per heavy atom. The van der Waals surface area contributed by atoms with E-state index in [0.29, 0.717) is 28.6 Å². The lowest BCUT2D eigenvalue weighted by atomic mass is 9.66. The zero-order valence-electron chi connectivity index (χ0n) is 18.5. The number of thiocarbonyl (C=S) groups is 1. The lowest BCUT2D eigenvalue weighted by Gasteiger charge is -2.47. The van der Waals surface area contributed by atoms with Crippen molar-refractivity contribution in [3.8, 4) is 11.5 Å². The van der Waals surface area contributed by atoms with E-state index in [1.807, 2.05) is 32.0 Å². The fraction of sp³-hybridized carbons (Fsp3) is 0.522. The van der Waals surface area contributed by atoms with Gasteiger partial charge < -0.3 is 25.4 Å². The van der Waals surface area contributed by atoms with Gasteiger partial charge in [0.25, 0.3) is 0 Å². The van der Waals surface area contributed by atoms with E-state index in [1.165, 1.54) is 0 Å². The van der Waals surface area contributed by atoms with Gasteiger partial charge in [0.1, 0.15) is 6.17 Å². The minimum atomic E-state index is -0.530. The molecule has 1 fully saturated rings. The molecule has 31 heavy (non-hydrogen) atoms. The normalized spacial score (nSPS) is 27.0. The van der Waals surface area contributed by atoms with Gasteiger partial charge >= 0.3 is 0 Å². The molecule has 3 N–H and O–H groups in total. The predicted molar refractivity (Wildman–Crippen MR) is 121 cm³/mol. The summed E-state index contributed by atoms with van der Waals surface area (Å²) in [6.45, 7) is 8.07. The van der Waals surface area contributed by atoms with Crippen molar-refractivity contribution in [1.82, 2.24) is 16.0 Å². The van der Waals surface area contributed by atoms with E-state index in [2.05, 4.69) is 29.8 Å². The summed E-state index contributed by atoms with van der Waals surface area (Å²) in [5.41, 5.74) is 2.27. The van der Waals surface area contributed by atoms with E-state index in [0.717, 1.165) is 17.7 Å². The molecule has 7 nitrogen and oxygen atoms in total. The van der Waals surface area contributed by atoms with Crippen molar-refractivity contribution in [1.29, 1.82) is 0 Å². The first-order valence-corrected chi connectivity index (χ1v) is 11.0. The molecule has 1 aliphatic carbocycles. The molecule has 0 bridgehead atoms. The van der Waals surface area contributed by atoms with Crippen LogP contribution in [0, 0.1) is 11.3 Å². The van der Waals surface area contributed by atoms with Crippen LogP contribution in [0.4, 0.5) is 0 Å². The topological polar surface area (TPSA) is 88.7 Å². The van der Waals surface area contributed by atoms with Crippen LogP contribution >= 0.6 is 12.2 Å². The van der Waals surface area contributed by atoms with Crippen LogP contribution in [0.1, 0.15) is 52.0 Å². The van der Waals surface area contributed by atoms with Crippen LogP contribution in [0.2, 0.25) is 0 Å². The first kappa shape index (κ1) is 21.6. The Kier molecular flexibility index (Phi) is 5.45. The van der Waals surface area contributed by atoms with E-state index in [9.17, 15) is 9.59 Å². The smallest absolute Gasteiger partial charge is 0.234 e. The van der Waals surface area contributed by atoms with Crippen LogP contribution in [0.5, 0.6) is 11.5 Å². The number of rotatable bonds is 4. The van der Waals surface area contributed by atoms with Crippen LogP contribution < -0.4 is 25.4 Å². The summed E-state index contributed by atoms with van der Waals surface area (Å²) in [4.78, 5) is 26.3. The summed E-state index contributed by atoms with van der Waals surface area (Å²) in [6.07, 6.45) is 0.786. The minimum absolute atomic E-state index is 0.00573. The number of carbonyl (C=O) groups excluding carboxylic acids is 2. The molecule has 1 aromatic rings. The van der Waals surface area contributed by atoms with E-state index in [1.54, 1.807) is 7.11 Å². The second-order valence-electron chi connectivity index (χ2n) is 9.50. The number of ketones is 1. The molecule has 0 radical (unpaired) electrons. The molecule has 0 spiro atoms. The second-order valence-corrected chi connectivity index (χ2v) is 9.91. The molecule has 1 amide bonds. The standard InChI is InChI=1S/C23H29N3O4S/c1-11(2)30-15-7-6-12(8-16(15)29-5)17-18-13(9-23(3,4)10-14(18)27)24-20-19(17)21(28)26-22(31)25-20/h6-8,11,17,19-20,24H,9-10H2,1-5H3,(H2,25,26,28,31). The van der Waals surface area contributed by atoms with Crippen molar-refractivity contribution in [2.75, 3.05) is 7.11 Å². The minimum Gasteiger partial charge on any atom is -0.493 e. The zero-order chi connectivity index (χ0) is 22.5. The van der Waals surface area contributed by atoms with E-state index >= 15 is 0 Å². The Morgan fingerprint density at radius 1 is 1.13 bits per heavy atom. The van der Waals surface area contributed by atoms with Crippen LogP contribution in [-0.2, 0) is 9.59 Å². The van der Waals surface area contributed by atoms with Gasteiger partial charge in [-0.25, -0.2) is 0 Å². The Labute approximate surface area is 187 Å². The molecule has 4 rings (SSSR count). The van der Waals surface area contributed by atoms with Gasteiger partial charge in [-0.1, -0.05) is 19.9 Å². The molecule has 3 aliphatic rings. The van der Waals surface area contributed by atoms with Gasteiger partial charge in [-0.3, -0.25) is 9.59 Å². The highest BCUT2D eigenvalue weighted by Crippen LogP contribution is 2.48. The Morgan fingerprint density at radius 2 is 1.87 bits per heavy atom. The van der Waals surface area contributed by atoms with Crippen molar-refractivity contribution in [3.63, 3.8) is 0 Å². The fourth-order valence-electron chi connectivity index (χ4n) is 4.88. The molecular formula is C23H29N3O4S. The van der Waals surface area contributed by atoms with Crippen LogP contribution in [0.25, 0.3) is 0 Å². The molecule has 0 saturated carbocycles.